The van der Waals surface area contributed by atoms with Crippen LogP contribution in [0, 0.1) is 13.8 Å². The largest absolute Gasteiger partial charge is 0.437 e. The SMILES string of the molecule is Cc1nn(Cc2c(Cl)ccc(C(=O)c3c(C)[nH]n(C)c3=O)c2Cl)c(=O)o1. The van der Waals surface area contributed by atoms with Crippen LogP contribution in [0.3, 0.4) is 0 Å². The van der Waals surface area contributed by atoms with Gasteiger partial charge in [-0.3, -0.25) is 19.4 Å². The van der Waals surface area contributed by atoms with Crippen molar-refractivity contribution >= 4 is 29.0 Å². The molecule has 0 aliphatic carbocycles. The summed E-state index contributed by atoms with van der Waals surface area (Å²) in [5, 5.41) is 7.01. The van der Waals surface area contributed by atoms with Crippen LogP contribution in [0.4, 0.5) is 0 Å². The summed E-state index contributed by atoms with van der Waals surface area (Å²) in [7, 11) is 1.51. The Morgan fingerprint density at radius 1 is 1.27 bits per heavy atom. The Hall–Kier alpha value is -2.58. The number of nitrogens with zero attached hydrogens (tertiary/aromatic N) is 3. The third-order valence-corrected chi connectivity index (χ3v) is 4.69. The van der Waals surface area contributed by atoms with Crippen molar-refractivity contribution in [2.75, 3.05) is 0 Å². The van der Waals surface area contributed by atoms with Gasteiger partial charge < -0.3 is 4.42 Å². The summed E-state index contributed by atoms with van der Waals surface area (Å²) in [6.45, 7) is 3.09. The second-order valence-electron chi connectivity index (χ2n) is 5.74. The molecule has 0 radical (unpaired) electrons. The van der Waals surface area contributed by atoms with Gasteiger partial charge in [-0.2, -0.15) is 4.68 Å². The molecule has 0 amide bonds. The lowest BCUT2D eigenvalue weighted by atomic mass is 10.0. The Bertz CT molecular complexity index is 1140. The van der Waals surface area contributed by atoms with Crippen LogP contribution < -0.4 is 11.3 Å². The molecule has 3 aromatic rings. The highest BCUT2D eigenvalue weighted by Crippen LogP contribution is 2.30. The zero-order chi connectivity index (χ0) is 19.2. The number of halogens is 2. The number of hydrogen-bond acceptors (Lipinski definition) is 5. The van der Waals surface area contributed by atoms with Crippen molar-refractivity contribution in [1.29, 1.82) is 0 Å². The fraction of sp³-hybridized carbons (Fsp3) is 0.250. The van der Waals surface area contributed by atoms with Crippen molar-refractivity contribution in [3.8, 4) is 0 Å². The Morgan fingerprint density at radius 3 is 2.50 bits per heavy atom. The number of hydrogen-bond donors (Lipinski definition) is 1. The summed E-state index contributed by atoms with van der Waals surface area (Å²) in [6.07, 6.45) is 0. The molecule has 2 heterocycles. The highest BCUT2D eigenvalue weighted by molar-refractivity contribution is 6.38. The predicted molar refractivity (Wildman–Crippen MR) is 95.3 cm³/mol. The fourth-order valence-corrected chi connectivity index (χ4v) is 3.24. The molecule has 0 atom stereocenters. The molecule has 10 heteroatoms. The van der Waals surface area contributed by atoms with Crippen molar-refractivity contribution in [3.05, 3.63) is 71.4 Å². The summed E-state index contributed by atoms with van der Waals surface area (Å²) in [5.74, 6) is -1.00. The number of carbonyl (C=O) groups excluding carboxylic acids is 1. The minimum Gasteiger partial charge on any atom is -0.393 e. The summed E-state index contributed by atoms with van der Waals surface area (Å²) >= 11 is 12.6. The molecule has 0 bridgehead atoms. The maximum atomic E-state index is 12.8. The number of nitrogens with one attached hydrogen (secondary N) is 1. The van der Waals surface area contributed by atoms with Crippen molar-refractivity contribution in [3.63, 3.8) is 0 Å². The number of H-pyrrole nitrogens is 1. The first-order valence-corrected chi connectivity index (χ1v) is 8.28. The highest BCUT2D eigenvalue weighted by Gasteiger charge is 2.24. The number of aromatic nitrogens is 4. The topological polar surface area (TPSA) is 103 Å². The van der Waals surface area contributed by atoms with Gasteiger partial charge in [0.15, 0.2) is 0 Å². The Balaban J connectivity index is 2.10. The van der Waals surface area contributed by atoms with E-state index in [0.717, 1.165) is 4.68 Å². The lowest BCUT2D eigenvalue weighted by molar-refractivity contribution is 0.103. The van der Waals surface area contributed by atoms with Crippen LogP contribution in [0.25, 0.3) is 0 Å². The number of ketones is 1. The quantitative estimate of drug-likeness (QED) is 0.679. The minimum atomic E-state index is -0.665. The number of benzene rings is 1. The third-order valence-electron chi connectivity index (χ3n) is 3.90. The van der Waals surface area contributed by atoms with Crippen LogP contribution in [0.15, 0.2) is 26.1 Å². The van der Waals surface area contributed by atoms with Crippen LogP contribution in [0.1, 0.15) is 33.1 Å². The number of aromatic amines is 1. The summed E-state index contributed by atoms with van der Waals surface area (Å²) in [5.41, 5.74) is 0.415. The molecule has 8 nitrogen and oxygen atoms in total. The number of carbonyl (C=O) groups is 1. The Labute approximate surface area is 156 Å². The lowest BCUT2D eigenvalue weighted by Gasteiger charge is -2.10. The average molecular weight is 397 g/mol. The van der Waals surface area contributed by atoms with E-state index < -0.39 is 17.1 Å². The van der Waals surface area contributed by atoms with Crippen molar-refractivity contribution in [2.24, 2.45) is 7.05 Å². The van der Waals surface area contributed by atoms with Gasteiger partial charge in [0.1, 0.15) is 5.56 Å². The van der Waals surface area contributed by atoms with Gasteiger partial charge in [-0.15, -0.1) is 5.10 Å². The zero-order valence-electron chi connectivity index (χ0n) is 14.1. The molecule has 0 saturated carbocycles. The molecule has 136 valence electrons. The summed E-state index contributed by atoms with van der Waals surface area (Å²) < 4.78 is 7.11. The molecule has 1 aromatic carbocycles. The van der Waals surface area contributed by atoms with Gasteiger partial charge in [-0.1, -0.05) is 23.2 Å². The molecule has 0 aliphatic rings. The maximum Gasteiger partial charge on any atom is 0.437 e. The molecular weight excluding hydrogens is 383 g/mol. The number of aryl methyl sites for hydroxylation is 3. The monoisotopic (exact) mass is 396 g/mol. The van der Waals surface area contributed by atoms with Crippen LogP contribution in [-0.4, -0.2) is 25.3 Å². The smallest absolute Gasteiger partial charge is 0.393 e. The van der Waals surface area contributed by atoms with E-state index in [2.05, 4.69) is 10.2 Å². The summed E-state index contributed by atoms with van der Waals surface area (Å²) in [4.78, 5) is 36.8. The first-order valence-electron chi connectivity index (χ1n) is 7.52. The second kappa shape index (κ2) is 6.62. The van der Waals surface area contributed by atoms with E-state index in [1.807, 2.05) is 0 Å². The molecule has 3 rings (SSSR count). The summed E-state index contributed by atoms with van der Waals surface area (Å²) in [6, 6.07) is 2.93. The normalized spacial score (nSPS) is 11.1. The first-order chi connectivity index (χ1) is 12.2. The fourth-order valence-electron chi connectivity index (χ4n) is 2.67. The van der Waals surface area contributed by atoms with E-state index in [-0.39, 0.29) is 33.6 Å². The standard InChI is InChI=1S/C16H14Cl2N4O4/c1-7-12(15(24)21(3)19-7)14(23)9-4-5-11(17)10(13(9)18)6-22-16(25)26-8(2)20-22/h4-5,19H,6H2,1-3H3. The average Bonchev–Trinajstić information content (AvgIpc) is 3.01. The van der Waals surface area contributed by atoms with Gasteiger partial charge in [-0.05, 0) is 19.1 Å². The molecule has 26 heavy (non-hydrogen) atoms. The highest BCUT2D eigenvalue weighted by atomic mass is 35.5. The molecule has 2 aromatic heterocycles. The molecular formula is C16H14Cl2N4O4. The van der Waals surface area contributed by atoms with Crippen molar-refractivity contribution < 1.29 is 9.21 Å². The van der Waals surface area contributed by atoms with E-state index in [1.165, 1.54) is 30.8 Å². The third kappa shape index (κ3) is 3.02. The Morgan fingerprint density at radius 2 is 1.96 bits per heavy atom. The minimum absolute atomic E-state index is 0.00267. The van der Waals surface area contributed by atoms with Crippen LogP contribution in [0.2, 0.25) is 10.0 Å². The van der Waals surface area contributed by atoms with E-state index in [9.17, 15) is 14.4 Å². The molecule has 0 spiro atoms. The second-order valence-corrected chi connectivity index (χ2v) is 6.52. The molecule has 0 fully saturated rings. The van der Waals surface area contributed by atoms with Crippen molar-refractivity contribution in [1.82, 2.24) is 19.6 Å². The maximum absolute atomic E-state index is 12.8. The van der Waals surface area contributed by atoms with Gasteiger partial charge in [0.05, 0.1) is 11.6 Å². The van der Waals surface area contributed by atoms with E-state index in [0.29, 0.717) is 11.3 Å². The number of rotatable bonds is 4. The zero-order valence-corrected chi connectivity index (χ0v) is 15.6. The van der Waals surface area contributed by atoms with Crippen LogP contribution in [-0.2, 0) is 13.6 Å². The molecule has 0 aliphatic heterocycles. The van der Waals surface area contributed by atoms with E-state index in [1.54, 1.807) is 6.92 Å². The van der Waals surface area contributed by atoms with Gasteiger partial charge >= 0.3 is 5.76 Å². The molecule has 0 saturated heterocycles. The molecule has 0 unspecified atom stereocenters. The Kier molecular flexibility index (Phi) is 4.64. The van der Waals surface area contributed by atoms with Gasteiger partial charge in [0.25, 0.3) is 5.56 Å². The van der Waals surface area contributed by atoms with E-state index >= 15 is 0 Å². The lowest BCUT2D eigenvalue weighted by Crippen LogP contribution is -2.21. The van der Waals surface area contributed by atoms with Crippen LogP contribution in [0.5, 0.6) is 0 Å². The first kappa shape index (κ1) is 18.2. The predicted octanol–water partition coefficient (Wildman–Crippen LogP) is 2.07. The van der Waals surface area contributed by atoms with Gasteiger partial charge in [0.2, 0.25) is 11.7 Å². The van der Waals surface area contributed by atoms with E-state index in [4.69, 9.17) is 27.6 Å². The van der Waals surface area contributed by atoms with Gasteiger partial charge in [0, 0.05) is 35.8 Å². The molecule has 1 N–H and O–H groups in total. The van der Waals surface area contributed by atoms with Crippen LogP contribution >= 0.6 is 23.2 Å². The van der Waals surface area contributed by atoms with Crippen molar-refractivity contribution in [2.45, 2.75) is 20.4 Å². The van der Waals surface area contributed by atoms with Gasteiger partial charge in [-0.25, -0.2) is 4.79 Å².